The number of benzene rings is 1. The molecule has 2 atom stereocenters. The minimum absolute atomic E-state index is 0.135. The van der Waals surface area contributed by atoms with Crippen LogP contribution in [0.25, 0.3) is 0 Å². The lowest BCUT2D eigenvalue weighted by molar-refractivity contribution is 0.0985. The van der Waals surface area contributed by atoms with Gasteiger partial charge in [0.25, 0.3) is 0 Å². The van der Waals surface area contributed by atoms with Crippen LogP contribution in [0.4, 0.5) is 0 Å². The van der Waals surface area contributed by atoms with Crippen molar-refractivity contribution in [2.24, 2.45) is 17.3 Å². The molecule has 1 aromatic carbocycles. The van der Waals surface area contributed by atoms with Gasteiger partial charge in [0.1, 0.15) is 0 Å². The van der Waals surface area contributed by atoms with E-state index in [1.807, 2.05) is 18.2 Å². The van der Waals surface area contributed by atoms with E-state index in [2.05, 4.69) is 20.8 Å². The number of hydrogen-bond donors (Lipinski definition) is 2. The summed E-state index contributed by atoms with van der Waals surface area (Å²) in [4.78, 5) is 15.3. The number of thiophene rings is 1. The molecule has 0 amide bonds. The third-order valence-electron chi connectivity index (χ3n) is 7.13. The fraction of sp³-hybridized carbons (Fsp3) is 0.560. The monoisotopic (exact) mass is 444 g/mol. The van der Waals surface area contributed by atoms with Gasteiger partial charge in [0.2, 0.25) is 0 Å². The molecule has 0 bridgehead atoms. The van der Waals surface area contributed by atoms with Gasteiger partial charge in [-0.15, -0.1) is 11.3 Å². The number of aliphatic hydroxyl groups is 2. The molecule has 0 radical (unpaired) electrons. The SMILES string of the molecule is COc1cc(CCC(=O)c2sc(C)c3c2C[C@@H]2[C@H]3C2(C)C)ccc1OCC(CO)CO. The Hall–Kier alpha value is -1.89. The van der Waals surface area contributed by atoms with Gasteiger partial charge >= 0.3 is 0 Å². The first-order valence-corrected chi connectivity index (χ1v) is 11.8. The molecule has 31 heavy (non-hydrogen) atoms. The second-order valence-corrected chi connectivity index (χ2v) is 10.7. The molecule has 6 heteroatoms. The lowest BCUT2D eigenvalue weighted by Crippen LogP contribution is -2.19. The molecule has 1 saturated carbocycles. The summed E-state index contributed by atoms with van der Waals surface area (Å²) in [5, 5.41) is 18.4. The van der Waals surface area contributed by atoms with E-state index < -0.39 is 0 Å². The molecule has 2 N–H and O–H groups in total. The summed E-state index contributed by atoms with van der Waals surface area (Å²) >= 11 is 1.68. The van der Waals surface area contributed by atoms with E-state index in [0.29, 0.717) is 41.6 Å². The first-order valence-electron chi connectivity index (χ1n) is 11.0. The van der Waals surface area contributed by atoms with E-state index in [9.17, 15) is 15.0 Å². The molecule has 2 aliphatic rings. The second-order valence-electron chi connectivity index (χ2n) is 9.44. The average molecular weight is 445 g/mol. The lowest BCUT2D eigenvalue weighted by atomic mass is 9.94. The summed E-state index contributed by atoms with van der Waals surface area (Å²) in [6, 6.07) is 5.67. The highest BCUT2D eigenvalue weighted by molar-refractivity contribution is 7.14. The van der Waals surface area contributed by atoms with E-state index in [0.717, 1.165) is 16.9 Å². The maximum absolute atomic E-state index is 13.0. The van der Waals surface area contributed by atoms with Gasteiger partial charge in [-0.3, -0.25) is 4.79 Å². The molecular formula is C25H32O5S. The molecule has 1 heterocycles. The van der Waals surface area contributed by atoms with Crippen LogP contribution in [0.1, 0.15) is 57.4 Å². The summed E-state index contributed by atoms with van der Waals surface area (Å²) in [6.07, 6.45) is 2.18. The van der Waals surface area contributed by atoms with Crippen LogP contribution in [0, 0.1) is 24.2 Å². The van der Waals surface area contributed by atoms with Crippen molar-refractivity contribution < 1.29 is 24.5 Å². The van der Waals surface area contributed by atoms with Gasteiger partial charge in [0, 0.05) is 17.2 Å². The number of fused-ring (bicyclic) bond motifs is 3. The predicted octanol–water partition coefficient (Wildman–Crippen LogP) is 4.16. The number of ether oxygens (including phenoxy) is 2. The largest absolute Gasteiger partial charge is 0.493 e. The van der Waals surface area contributed by atoms with E-state index >= 15 is 0 Å². The minimum atomic E-state index is -0.324. The van der Waals surface area contributed by atoms with Gasteiger partial charge in [0.15, 0.2) is 17.3 Å². The number of methoxy groups -OCH3 is 1. The van der Waals surface area contributed by atoms with E-state index in [-0.39, 0.29) is 31.5 Å². The zero-order valence-electron chi connectivity index (χ0n) is 18.7. The number of ketones is 1. The van der Waals surface area contributed by atoms with Gasteiger partial charge in [-0.2, -0.15) is 0 Å². The Balaban J connectivity index is 1.40. The van der Waals surface area contributed by atoms with Crippen molar-refractivity contribution in [1.82, 2.24) is 0 Å². The highest BCUT2D eigenvalue weighted by atomic mass is 32.1. The van der Waals surface area contributed by atoms with Crippen molar-refractivity contribution in [3.63, 3.8) is 0 Å². The Bertz CT molecular complexity index is 973. The van der Waals surface area contributed by atoms with Gasteiger partial charge < -0.3 is 19.7 Å². The Labute approximate surface area is 188 Å². The van der Waals surface area contributed by atoms with Crippen LogP contribution in [0.3, 0.4) is 0 Å². The maximum atomic E-state index is 13.0. The van der Waals surface area contributed by atoms with Gasteiger partial charge in [-0.05, 0) is 65.8 Å². The third-order valence-corrected chi connectivity index (χ3v) is 8.34. The zero-order valence-corrected chi connectivity index (χ0v) is 19.6. The first kappa shape index (κ1) is 22.3. The number of hydrogen-bond acceptors (Lipinski definition) is 6. The zero-order chi connectivity index (χ0) is 22.3. The summed E-state index contributed by atoms with van der Waals surface area (Å²) < 4.78 is 11.1. The molecule has 2 aromatic rings. The van der Waals surface area contributed by atoms with Crippen molar-refractivity contribution in [3.05, 3.63) is 44.6 Å². The highest BCUT2D eigenvalue weighted by Gasteiger charge is 2.63. The van der Waals surface area contributed by atoms with Crippen LogP contribution in [0.5, 0.6) is 11.5 Å². The van der Waals surface area contributed by atoms with E-state index in [4.69, 9.17) is 9.47 Å². The Morgan fingerprint density at radius 3 is 2.68 bits per heavy atom. The molecule has 168 valence electrons. The van der Waals surface area contributed by atoms with Crippen LogP contribution >= 0.6 is 11.3 Å². The van der Waals surface area contributed by atoms with Crippen molar-refractivity contribution >= 4 is 17.1 Å². The summed E-state index contributed by atoms with van der Waals surface area (Å²) in [6.45, 7) is 6.80. The molecule has 1 fully saturated rings. The number of carbonyl (C=O) groups is 1. The summed E-state index contributed by atoms with van der Waals surface area (Å²) in [5.41, 5.74) is 4.21. The van der Waals surface area contributed by atoms with Crippen LogP contribution in [-0.2, 0) is 12.8 Å². The topological polar surface area (TPSA) is 76.0 Å². The Morgan fingerprint density at radius 1 is 1.26 bits per heavy atom. The molecule has 0 unspecified atom stereocenters. The predicted molar refractivity (Wildman–Crippen MR) is 122 cm³/mol. The summed E-state index contributed by atoms with van der Waals surface area (Å²) in [7, 11) is 1.58. The fourth-order valence-electron chi connectivity index (χ4n) is 5.09. The van der Waals surface area contributed by atoms with Crippen LogP contribution in [-0.4, -0.2) is 42.9 Å². The lowest BCUT2D eigenvalue weighted by Gasteiger charge is -2.15. The van der Waals surface area contributed by atoms with Crippen molar-refractivity contribution in [2.45, 2.75) is 46.0 Å². The minimum Gasteiger partial charge on any atom is -0.493 e. The smallest absolute Gasteiger partial charge is 0.173 e. The molecule has 4 rings (SSSR count). The molecule has 0 saturated heterocycles. The van der Waals surface area contributed by atoms with Crippen LogP contribution in [0.15, 0.2) is 18.2 Å². The van der Waals surface area contributed by atoms with Crippen molar-refractivity contribution in [2.75, 3.05) is 26.9 Å². The Morgan fingerprint density at radius 2 is 2.00 bits per heavy atom. The average Bonchev–Trinajstić information content (AvgIpc) is 3.07. The normalized spacial score (nSPS) is 20.5. The van der Waals surface area contributed by atoms with Crippen LogP contribution in [0.2, 0.25) is 0 Å². The number of aryl methyl sites for hydroxylation is 2. The quantitative estimate of drug-likeness (QED) is 0.538. The standard InChI is InChI=1S/C25H32O5S/c1-14-22-17(10-18-23(22)25(18,2)3)24(31-14)19(28)7-5-15-6-8-20(21(9-15)29-4)30-13-16(11-26)12-27/h6,8-9,16,18,23,26-27H,5,7,10-13H2,1-4H3/t18-,23-/m1/s1. The molecular weight excluding hydrogens is 412 g/mol. The van der Waals surface area contributed by atoms with Gasteiger partial charge in [-0.25, -0.2) is 0 Å². The highest BCUT2D eigenvalue weighted by Crippen LogP contribution is 2.71. The van der Waals surface area contributed by atoms with Crippen molar-refractivity contribution in [3.8, 4) is 11.5 Å². The van der Waals surface area contributed by atoms with Gasteiger partial charge in [-0.1, -0.05) is 19.9 Å². The van der Waals surface area contributed by atoms with E-state index in [1.165, 1.54) is 16.0 Å². The molecule has 1 aromatic heterocycles. The molecule has 5 nitrogen and oxygen atoms in total. The first-order chi connectivity index (χ1) is 14.8. The van der Waals surface area contributed by atoms with E-state index in [1.54, 1.807) is 18.4 Å². The van der Waals surface area contributed by atoms with Crippen molar-refractivity contribution in [1.29, 1.82) is 0 Å². The maximum Gasteiger partial charge on any atom is 0.173 e. The number of Topliss-reactive ketones (excluding diaryl/α,β-unsaturated/α-hetero) is 1. The summed E-state index contributed by atoms with van der Waals surface area (Å²) in [5.74, 6) is 2.43. The second kappa shape index (κ2) is 8.57. The molecule has 0 spiro atoms. The molecule has 2 aliphatic carbocycles. The number of rotatable bonds is 10. The number of aliphatic hydroxyl groups excluding tert-OH is 2. The van der Waals surface area contributed by atoms with Gasteiger partial charge in [0.05, 0.1) is 31.8 Å². The third kappa shape index (κ3) is 4.01. The number of carbonyl (C=O) groups excluding carboxylic acids is 1. The van der Waals surface area contributed by atoms with Crippen LogP contribution < -0.4 is 9.47 Å². The molecule has 0 aliphatic heterocycles. The fourth-order valence-corrected chi connectivity index (χ4v) is 6.28. The Kier molecular flexibility index (Phi) is 6.16.